The van der Waals surface area contributed by atoms with Crippen LogP contribution in [0.15, 0.2) is 0 Å². The summed E-state index contributed by atoms with van der Waals surface area (Å²) in [7, 11) is 0. The highest BCUT2D eigenvalue weighted by molar-refractivity contribution is 5.83. The maximum Gasteiger partial charge on any atom is 0.138 e. The van der Waals surface area contributed by atoms with Crippen molar-refractivity contribution in [1.29, 1.82) is 0 Å². The first-order chi connectivity index (χ1) is 9.40. The second kappa shape index (κ2) is 8.28. The average molecular weight is 300 g/mol. The molecule has 0 saturated carbocycles. The number of Topliss-reactive ketones (excluding diaryl/α,β-unsaturated/α-hetero) is 1. The maximum atomic E-state index is 12.0. The molecule has 0 fully saturated rings. The Labute approximate surface area is 131 Å². The number of carbonyl (C=O) groups excluding carboxylic acids is 1. The minimum Gasteiger partial charge on any atom is -0.375 e. The van der Waals surface area contributed by atoms with Gasteiger partial charge in [-0.15, -0.1) is 0 Å². The summed E-state index contributed by atoms with van der Waals surface area (Å²) in [5.41, 5.74) is -0.666. The van der Waals surface area contributed by atoms with E-state index in [0.717, 1.165) is 25.9 Å². The summed E-state index contributed by atoms with van der Waals surface area (Å²) in [5, 5.41) is 0. The van der Waals surface area contributed by atoms with Crippen LogP contribution in [0.1, 0.15) is 81.1 Å². The van der Waals surface area contributed by atoms with Crippen LogP contribution in [0.2, 0.25) is 0 Å². The Kier molecular flexibility index (Phi) is 8.12. The van der Waals surface area contributed by atoms with E-state index < -0.39 is 0 Å². The first-order valence-electron chi connectivity index (χ1n) is 8.21. The van der Waals surface area contributed by atoms with Gasteiger partial charge in [0.05, 0.1) is 17.8 Å². The SMILES string of the molecule is CCCOC(C)(C)CCOC(C)(C)CCC(=O)C(C)(C)C. The van der Waals surface area contributed by atoms with E-state index in [9.17, 15) is 4.79 Å². The monoisotopic (exact) mass is 300 g/mol. The van der Waals surface area contributed by atoms with Crippen molar-refractivity contribution >= 4 is 5.78 Å². The molecule has 0 N–H and O–H groups in total. The minimum atomic E-state index is -0.262. The molecule has 0 amide bonds. The van der Waals surface area contributed by atoms with Gasteiger partial charge >= 0.3 is 0 Å². The normalized spacial score (nSPS) is 13.5. The van der Waals surface area contributed by atoms with Crippen LogP contribution in [-0.2, 0) is 14.3 Å². The third kappa shape index (κ3) is 10.0. The fourth-order valence-corrected chi connectivity index (χ4v) is 1.89. The molecule has 0 bridgehead atoms. The summed E-state index contributed by atoms with van der Waals surface area (Å²) in [6.07, 6.45) is 3.24. The van der Waals surface area contributed by atoms with Crippen LogP contribution in [0.5, 0.6) is 0 Å². The molecule has 3 nitrogen and oxygen atoms in total. The first-order valence-corrected chi connectivity index (χ1v) is 8.21. The lowest BCUT2D eigenvalue weighted by Gasteiger charge is -2.30. The Hall–Kier alpha value is -0.410. The third-order valence-corrected chi connectivity index (χ3v) is 3.68. The molecule has 126 valence electrons. The number of ether oxygens (including phenoxy) is 2. The second-order valence-electron chi connectivity index (χ2n) is 8.14. The number of hydrogen-bond acceptors (Lipinski definition) is 3. The zero-order valence-electron chi connectivity index (χ0n) is 15.5. The lowest BCUT2D eigenvalue weighted by molar-refractivity contribution is -0.128. The molecule has 0 radical (unpaired) electrons. The van der Waals surface area contributed by atoms with E-state index in [4.69, 9.17) is 9.47 Å². The number of hydrogen-bond donors (Lipinski definition) is 0. The van der Waals surface area contributed by atoms with E-state index >= 15 is 0 Å². The molecule has 0 aromatic carbocycles. The van der Waals surface area contributed by atoms with Gasteiger partial charge in [-0.3, -0.25) is 4.79 Å². The van der Waals surface area contributed by atoms with E-state index in [0.29, 0.717) is 18.8 Å². The van der Waals surface area contributed by atoms with Gasteiger partial charge in [0.1, 0.15) is 5.78 Å². The molecule has 0 aliphatic heterocycles. The summed E-state index contributed by atoms with van der Waals surface area (Å²) in [5.74, 6) is 0.297. The van der Waals surface area contributed by atoms with Gasteiger partial charge in [0, 0.05) is 18.4 Å². The number of ketones is 1. The molecule has 0 spiro atoms. The predicted molar refractivity (Wildman–Crippen MR) is 88.7 cm³/mol. The van der Waals surface area contributed by atoms with Gasteiger partial charge in [0.15, 0.2) is 0 Å². The van der Waals surface area contributed by atoms with Crippen molar-refractivity contribution in [2.24, 2.45) is 5.41 Å². The molecule has 0 aromatic rings. The van der Waals surface area contributed by atoms with Crippen molar-refractivity contribution in [3.8, 4) is 0 Å². The standard InChI is InChI=1S/C18H36O3/c1-9-13-20-18(7,8)12-14-21-17(5,6)11-10-15(19)16(2,3)4/h9-14H2,1-8H3. The van der Waals surface area contributed by atoms with E-state index in [1.54, 1.807) is 0 Å². The summed E-state index contributed by atoms with van der Waals surface area (Å²) in [6, 6.07) is 0. The van der Waals surface area contributed by atoms with Crippen LogP contribution in [0.25, 0.3) is 0 Å². The molecular formula is C18H36O3. The minimum absolute atomic E-state index is 0.146. The van der Waals surface area contributed by atoms with Gasteiger partial charge in [0.2, 0.25) is 0 Å². The highest BCUT2D eigenvalue weighted by atomic mass is 16.5. The summed E-state index contributed by atoms with van der Waals surface area (Å²) < 4.78 is 11.8. The van der Waals surface area contributed by atoms with Crippen molar-refractivity contribution in [3.63, 3.8) is 0 Å². The maximum absolute atomic E-state index is 12.0. The fourth-order valence-electron chi connectivity index (χ4n) is 1.89. The highest BCUT2D eigenvalue weighted by Gasteiger charge is 2.26. The van der Waals surface area contributed by atoms with Crippen LogP contribution >= 0.6 is 0 Å². The fraction of sp³-hybridized carbons (Fsp3) is 0.944. The lowest BCUT2D eigenvalue weighted by atomic mass is 9.86. The Morgan fingerprint density at radius 2 is 1.29 bits per heavy atom. The van der Waals surface area contributed by atoms with Crippen LogP contribution in [0, 0.1) is 5.41 Å². The third-order valence-electron chi connectivity index (χ3n) is 3.68. The molecule has 0 saturated heterocycles. The molecule has 0 aliphatic rings. The van der Waals surface area contributed by atoms with Gasteiger partial charge in [-0.05, 0) is 47.0 Å². The zero-order chi connectivity index (χ0) is 16.7. The van der Waals surface area contributed by atoms with Gasteiger partial charge in [-0.1, -0.05) is 27.7 Å². The number of rotatable bonds is 10. The highest BCUT2D eigenvalue weighted by Crippen LogP contribution is 2.24. The van der Waals surface area contributed by atoms with E-state index in [2.05, 4.69) is 34.6 Å². The first kappa shape index (κ1) is 20.6. The Balaban J connectivity index is 4.11. The van der Waals surface area contributed by atoms with Crippen LogP contribution in [0.3, 0.4) is 0 Å². The van der Waals surface area contributed by atoms with Crippen LogP contribution in [0.4, 0.5) is 0 Å². The molecule has 21 heavy (non-hydrogen) atoms. The van der Waals surface area contributed by atoms with Gasteiger partial charge < -0.3 is 9.47 Å². The Bertz CT molecular complexity index is 311. The topological polar surface area (TPSA) is 35.5 Å². The molecule has 0 atom stereocenters. The van der Waals surface area contributed by atoms with Crippen molar-refractivity contribution in [3.05, 3.63) is 0 Å². The van der Waals surface area contributed by atoms with Gasteiger partial charge in [-0.25, -0.2) is 0 Å². The van der Waals surface area contributed by atoms with Crippen LogP contribution in [-0.4, -0.2) is 30.2 Å². The quantitative estimate of drug-likeness (QED) is 0.583. The molecule has 0 aliphatic carbocycles. The average Bonchev–Trinajstić information content (AvgIpc) is 2.32. The van der Waals surface area contributed by atoms with Crippen molar-refractivity contribution in [1.82, 2.24) is 0 Å². The molecule has 0 aromatic heterocycles. The Morgan fingerprint density at radius 1 is 0.810 bits per heavy atom. The molecule has 0 heterocycles. The molecule has 0 unspecified atom stereocenters. The molecule has 0 rings (SSSR count). The smallest absolute Gasteiger partial charge is 0.138 e. The van der Waals surface area contributed by atoms with E-state index in [-0.39, 0.29) is 16.6 Å². The van der Waals surface area contributed by atoms with E-state index in [1.807, 2.05) is 20.8 Å². The number of carbonyl (C=O) groups is 1. The van der Waals surface area contributed by atoms with Crippen molar-refractivity contribution < 1.29 is 14.3 Å². The van der Waals surface area contributed by atoms with Crippen molar-refractivity contribution in [2.75, 3.05) is 13.2 Å². The van der Waals surface area contributed by atoms with Gasteiger partial charge in [0.25, 0.3) is 0 Å². The largest absolute Gasteiger partial charge is 0.375 e. The lowest BCUT2D eigenvalue weighted by Crippen LogP contribution is -2.32. The zero-order valence-corrected chi connectivity index (χ0v) is 15.5. The van der Waals surface area contributed by atoms with Gasteiger partial charge in [-0.2, -0.15) is 0 Å². The Morgan fingerprint density at radius 3 is 1.76 bits per heavy atom. The van der Waals surface area contributed by atoms with Crippen molar-refractivity contribution in [2.45, 2.75) is 92.3 Å². The summed E-state index contributed by atoms with van der Waals surface area (Å²) in [4.78, 5) is 12.0. The summed E-state index contributed by atoms with van der Waals surface area (Å²) in [6.45, 7) is 17.8. The second-order valence-corrected chi connectivity index (χ2v) is 8.14. The van der Waals surface area contributed by atoms with E-state index in [1.165, 1.54) is 0 Å². The summed E-state index contributed by atoms with van der Waals surface area (Å²) >= 11 is 0. The van der Waals surface area contributed by atoms with Crippen LogP contribution < -0.4 is 0 Å². The molecule has 3 heteroatoms. The predicted octanol–water partition coefficient (Wildman–Crippen LogP) is 4.77. The molecular weight excluding hydrogens is 264 g/mol.